The van der Waals surface area contributed by atoms with Gasteiger partial charge in [0, 0.05) is 11.8 Å². The van der Waals surface area contributed by atoms with E-state index in [1.165, 1.54) is 0 Å². The molecule has 0 spiro atoms. The van der Waals surface area contributed by atoms with E-state index in [0.717, 1.165) is 5.69 Å². The van der Waals surface area contributed by atoms with E-state index >= 15 is 0 Å². The molecule has 5 heteroatoms. The molecule has 2 rings (SSSR count). The van der Waals surface area contributed by atoms with Crippen LogP contribution in [-0.2, 0) is 11.3 Å². The first-order valence-electron chi connectivity index (χ1n) is 5.11. The monoisotopic (exact) mass is 232 g/mol. The molecule has 1 heterocycles. The van der Waals surface area contributed by atoms with Crippen LogP contribution in [0, 0.1) is 6.92 Å². The van der Waals surface area contributed by atoms with Crippen LogP contribution >= 0.6 is 0 Å². The number of aryl methyl sites for hydroxylation is 1. The van der Waals surface area contributed by atoms with Crippen LogP contribution in [-0.4, -0.2) is 25.7 Å². The lowest BCUT2D eigenvalue weighted by Crippen LogP contribution is -2.09. The van der Waals surface area contributed by atoms with Gasteiger partial charge in [0.25, 0.3) is 0 Å². The molecule has 0 bridgehead atoms. The number of carboxylic acid groups (broad SMARTS) is 1. The molecule has 2 aromatic rings. The Kier molecular flexibility index (Phi) is 2.82. The van der Waals surface area contributed by atoms with Crippen molar-refractivity contribution < 1.29 is 15.0 Å². The number of benzene rings is 1. The van der Waals surface area contributed by atoms with E-state index in [0.29, 0.717) is 11.4 Å². The summed E-state index contributed by atoms with van der Waals surface area (Å²) in [7, 11) is 0. The maximum absolute atomic E-state index is 10.7. The highest BCUT2D eigenvalue weighted by molar-refractivity contribution is 5.68. The van der Waals surface area contributed by atoms with Gasteiger partial charge in [-0.2, -0.15) is 0 Å². The van der Waals surface area contributed by atoms with E-state index in [-0.39, 0.29) is 12.3 Å². The molecule has 88 valence electrons. The third-order valence-corrected chi connectivity index (χ3v) is 2.31. The van der Waals surface area contributed by atoms with Crippen molar-refractivity contribution >= 4 is 5.97 Å². The third-order valence-electron chi connectivity index (χ3n) is 2.31. The Hall–Kier alpha value is -2.30. The van der Waals surface area contributed by atoms with Crippen molar-refractivity contribution in [1.29, 1.82) is 0 Å². The van der Waals surface area contributed by atoms with Crippen LogP contribution in [0.3, 0.4) is 0 Å². The molecule has 0 saturated heterocycles. The first kappa shape index (κ1) is 11.2. The Bertz CT molecular complexity index is 561. The van der Waals surface area contributed by atoms with Crippen molar-refractivity contribution in [3.05, 3.63) is 36.2 Å². The Morgan fingerprint density at radius 1 is 1.47 bits per heavy atom. The summed E-state index contributed by atoms with van der Waals surface area (Å²) in [6.07, 6.45) is 1.67. The first-order chi connectivity index (χ1) is 8.06. The van der Waals surface area contributed by atoms with Crippen molar-refractivity contribution in [1.82, 2.24) is 9.55 Å². The van der Waals surface area contributed by atoms with Crippen LogP contribution in [0.5, 0.6) is 5.75 Å². The number of phenols is 1. The lowest BCUT2D eigenvalue weighted by Gasteiger charge is -2.05. The average Bonchev–Trinajstić information content (AvgIpc) is 2.58. The zero-order valence-corrected chi connectivity index (χ0v) is 9.29. The summed E-state index contributed by atoms with van der Waals surface area (Å²) >= 11 is 0. The molecule has 0 aliphatic carbocycles. The van der Waals surface area contributed by atoms with E-state index in [9.17, 15) is 9.90 Å². The van der Waals surface area contributed by atoms with Gasteiger partial charge in [-0.05, 0) is 19.1 Å². The number of carbonyl (C=O) groups is 1. The third kappa shape index (κ3) is 2.44. The molecule has 0 amide bonds. The van der Waals surface area contributed by atoms with Crippen LogP contribution in [0.2, 0.25) is 0 Å². The summed E-state index contributed by atoms with van der Waals surface area (Å²) in [4.78, 5) is 15.0. The Balaban J connectivity index is 2.47. The van der Waals surface area contributed by atoms with Crippen molar-refractivity contribution in [3.63, 3.8) is 0 Å². The van der Waals surface area contributed by atoms with E-state index in [2.05, 4.69) is 4.98 Å². The van der Waals surface area contributed by atoms with Crippen molar-refractivity contribution in [3.8, 4) is 17.1 Å². The lowest BCUT2D eigenvalue weighted by molar-refractivity contribution is -0.137. The van der Waals surface area contributed by atoms with Crippen molar-refractivity contribution in [2.24, 2.45) is 0 Å². The molecule has 0 unspecified atom stereocenters. The number of aromatic hydroxyl groups is 1. The second kappa shape index (κ2) is 4.29. The SMILES string of the molecule is Cc1cn(CC(=O)O)c(-c2cccc(O)c2)n1. The minimum Gasteiger partial charge on any atom is -0.508 e. The Labute approximate surface area is 98.0 Å². The standard InChI is InChI=1S/C12H12N2O3/c1-8-6-14(7-11(16)17)12(13-8)9-3-2-4-10(15)5-9/h2-6,15H,7H2,1H3,(H,16,17). The summed E-state index contributed by atoms with van der Waals surface area (Å²) in [5.74, 6) is -0.255. The second-order valence-corrected chi connectivity index (χ2v) is 3.78. The maximum atomic E-state index is 10.7. The maximum Gasteiger partial charge on any atom is 0.323 e. The summed E-state index contributed by atoms with van der Waals surface area (Å²) < 4.78 is 1.55. The molecule has 2 N–H and O–H groups in total. The molecule has 17 heavy (non-hydrogen) atoms. The molecule has 1 aromatic carbocycles. The van der Waals surface area contributed by atoms with Gasteiger partial charge in [-0.1, -0.05) is 12.1 Å². The summed E-state index contributed by atoms with van der Waals surface area (Å²) in [6, 6.07) is 6.58. The molecule has 1 aromatic heterocycles. The normalized spacial score (nSPS) is 10.4. The summed E-state index contributed by atoms with van der Waals surface area (Å²) in [6.45, 7) is 1.65. The largest absolute Gasteiger partial charge is 0.508 e. The van der Waals surface area contributed by atoms with Gasteiger partial charge in [-0.15, -0.1) is 0 Å². The van der Waals surface area contributed by atoms with E-state index in [4.69, 9.17) is 5.11 Å². The molecular formula is C12H12N2O3. The number of carboxylic acids is 1. The highest BCUT2D eigenvalue weighted by Crippen LogP contribution is 2.22. The van der Waals surface area contributed by atoms with Gasteiger partial charge in [0.1, 0.15) is 18.1 Å². The molecule has 0 atom stereocenters. The van der Waals surface area contributed by atoms with E-state index in [1.807, 2.05) is 0 Å². The number of aliphatic carboxylic acids is 1. The van der Waals surface area contributed by atoms with Gasteiger partial charge >= 0.3 is 5.97 Å². The van der Waals surface area contributed by atoms with Gasteiger partial charge in [0.15, 0.2) is 0 Å². The number of hydrogen-bond acceptors (Lipinski definition) is 3. The van der Waals surface area contributed by atoms with Crippen LogP contribution in [0.25, 0.3) is 11.4 Å². The number of rotatable bonds is 3. The number of hydrogen-bond donors (Lipinski definition) is 2. The molecule has 0 aliphatic heterocycles. The molecule has 5 nitrogen and oxygen atoms in total. The van der Waals surface area contributed by atoms with Gasteiger partial charge in [0.05, 0.1) is 5.69 Å². The van der Waals surface area contributed by atoms with Crippen LogP contribution in [0.15, 0.2) is 30.5 Å². The zero-order chi connectivity index (χ0) is 12.4. The van der Waals surface area contributed by atoms with Gasteiger partial charge in [0.2, 0.25) is 0 Å². The molecule has 0 fully saturated rings. The van der Waals surface area contributed by atoms with E-state index < -0.39 is 5.97 Å². The van der Waals surface area contributed by atoms with Gasteiger partial charge in [-0.3, -0.25) is 4.79 Å². The minimum atomic E-state index is -0.927. The minimum absolute atomic E-state index is 0.130. The smallest absolute Gasteiger partial charge is 0.323 e. The van der Waals surface area contributed by atoms with Crippen molar-refractivity contribution in [2.45, 2.75) is 13.5 Å². The van der Waals surface area contributed by atoms with Crippen LogP contribution in [0.1, 0.15) is 5.69 Å². The number of nitrogens with zero attached hydrogens (tertiary/aromatic N) is 2. The topological polar surface area (TPSA) is 75.4 Å². The predicted molar refractivity (Wildman–Crippen MR) is 61.7 cm³/mol. The number of phenolic OH excluding ortho intramolecular Hbond substituents is 1. The fraction of sp³-hybridized carbons (Fsp3) is 0.167. The zero-order valence-electron chi connectivity index (χ0n) is 9.29. The lowest BCUT2D eigenvalue weighted by atomic mass is 10.2. The van der Waals surface area contributed by atoms with E-state index in [1.54, 1.807) is 42.0 Å². The van der Waals surface area contributed by atoms with Crippen molar-refractivity contribution in [2.75, 3.05) is 0 Å². The number of imidazole rings is 1. The van der Waals surface area contributed by atoms with Gasteiger partial charge in [-0.25, -0.2) is 4.98 Å². The fourth-order valence-corrected chi connectivity index (χ4v) is 1.69. The highest BCUT2D eigenvalue weighted by Gasteiger charge is 2.11. The van der Waals surface area contributed by atoms with Crippen LogP contribution < -0.4 is 0 Å². The first-order valence-corrected chi connectivity index (χ1v) is 5.11. The summed E-state index contributed by atoms with van der Waals surface area (Å²) in [5, 5.41) is 18.2. The molecule has 0 saturated carbocycles. The highest BCUT2D eigenvalue weighted by atomic mass is 16.4. The average molecular weight is 232 g/mol. The molecule has 0 radical (unpaired) electrons. The quantitative estimate of drug-likeness (QED) is 0.843. The second-order valence-electron chi connectivity index (χ2n) is 3.78. The Morgan fingerprint density at radius 3 is 2.88 bits per heavy atom. The fourth-order valence-electron chi connectivity index (χ4n) is 1.69. The van der Waals surface area contributed by atoms with Crippen LogP contribution in [0.4, 0.5) is 0 Å². The number of aromatic nitrogens is 2. The van der Waals surface area contributed by atoms with Gasteiger partial charge < -0.3 is 14.8 Å². The Morgan fingerprint density at radius 2 is 2.24 bits per heavy atom. The summed E-state index contributed by atoms with van der Waals surface area (Å²) in [5.41, 5.74) is 1.43. The predicted octanol–water partition coefficient (Wildman–Crippen LogP) is 1.65. The molecular weight excluding hydrogens is 220 g/mol. The molecule has 0 aliphatic rings.